The molecule has 4 rings (SSSR count). The molecule has 2 aromatic carbocycles. The van der Waals surface area contributed by atoms with Crippen LogP contribution in [0.15, 0.2) is 36.4 Å². The molecule has 0 aliphatic carbocycles. The fourth-order valence-electron chi connectivity index (χ4n) is 4.24. The standard InChI is InChI=1S/C24H29N3O3/c1-16-11-17(2)20-14-22(25-21(20)12-16)24(28)27-9-7-26(8-10-27)15-18-13-19(29-3)5-6-23(18)30-4/h5-6,11-14,25H,7-10,15H2,1-4H3. The fraction of sp³-hybridized carbons (Fsp3) is 0.375. The molecule has 30 heavy (non-hydrogen) atoms. The van der Waals surface area contributed by atoms with Gasteiger partial charge >= 0.3 is 0 Å². The predicted molar refractivity (Wildman–Crippen MR) is 118 cm³/mol. The van der Waals surface area contributed by atoms with Crippen molar-refractivity contribution >= 4 is 16.8 Å². The molecule has 1 fully saturated rings. The lowest BCUT2D eigenvalue weighted by Crippen LogP contribution is -2.48. The summed E-state index contributed by atoms with van der Waals surface area (Å²) in [6.45, 7) is 7.99. The first-order chi connectivity index (χ1) is 14.5. The van der Waals surface area contributed by atoms with E-state index in [1.54, 1.807) is 14.2 Å². The number of aromatic amines is 1. The number of amides is 1. The van der Waals surface area contributed by atoms with Crippen LogP contribution in [0.5, 0.6) is 11.5 Å². The van der Waals surface area contributed by atoms with Gasteiger partial charge in [0.15, 0.2) is 0 Å². The molecule has 0 spiro atoms. The van der Waals surface area contributed by atoms with Gasteiger partial charge in [0.1, 0.15) is 17.2 Å². The number of nitrogens with one attached hydrogen (secondary N) is 1. The largest absolute Gasteiger partial charge is 0.497 e. The number of aryl methyl sites for hydroxylation is 2. The van der Waals surface area contributed by atoms with Crippen LogP contribution in [-0.4, -0.2) is 61.1 Å². The van der Waals surface area contributed by atoms with Crippen LogP contribution >= 0.6 is 0 Å². The number of carbonyl (C=O) groups excluding carboxylic acids is 1. The average molecular weight is 408 g/mol. The SMILES string of the molecule is COc1ccc(OC)c(CN2CCN(C(=O)c3cc4c(C)cc(C)cc4[nH]3)CC2)c1. The third-order valence-corrected chi connectivity index (χ3v) is 5.86. The van der Waals surface area contributed by atoms with Crippen molar-refractivity contribution in [3.8, 4) is 11.5 Å². The lowest BCUT2D eigenvalue weighted by molar-refractivity contribution is 0.0622. The smallest absolute Gasteiger partial charge is 0.270 e. The minimum Gasteiger partial charge on any atom is -0.497 e. The highest BCUT2D eigenvalue weighted by Gasteiger charge is 2.24. The van der Waals surface area contributed by atoms with Gasteiger partial charge in [-0.05, 0) is 55.3 Å². The minimum absolute atomic E-state index is 0.0712. The number of methoxy groups -OCH3 is 2. The number of rotatable bonds is 5. The van der Waals surface area contributed by atoms with Crippen molar-refractivity contribution in [2.24, 2.45) is 0 Å². The number of hydrogen-bond donors (Lipinski definition) is 1. The zero-order valence-electron chi connectivity index (χ0n) is 18.1. The van der Waals surface area contributed by atoms with Crippen molar-refractivity contribution in [1.29, 1.82) is 0 Å². The van der Waals surface area contributed by atoms with Crippen LogP contribution in [0.3, 0.4) is 0 Å². The molecule has 0 unspecified atom stereocenters. The molecule has 1 saturated heterocycles. The average Bonchev–Trinajstić information content (AvgIpc) is 3.18. The Bertz CT molecular complexity index is 1060. The molecule has 158 valence electrons. The Balaban J connectivity index is 1.42. The molecule has 1 aliphatic heterocycles. The third kappa shape index (κ3) is 4.00. The maximum atomic E-state index is 13.1. The molecule has 1 amide bonds. The van der Waals surface area contributed by atoms with Gasteiger partial charge in [0, 0.05) is 49.2 Å². The lowest BCUT2D eigenvalue weighted by Gasteiger charge is -2.34. The zero-order valence-corrected chi connectivity index (χ0v) is 18.1. The molecule has 6 nitrogen and oxygen atoms in total. The maximum absolute atomic E-state index is 13.1. The molecular formula is C24H29N3O3. The number of carbonyl (C=O) groups is 1. The zero-order chi connectivity index (χ0) is 21.3. The summed E-state index contributed by atoms with van der Waals surface area (Å²) in [7, 11) is 3.36. The van der Waals surface area contributed by atoms with E-state index in [9.17, 15) is 4.79 Å². The first-order valence-corrected chi connectivity index (χ1v) is 10.3. The van der Waals surface area contributed by atoms with Gasteiger partial charge in [-0.2, -0.15) is 0 Å². The summed E-state index contributed by atoms with van der Waals surface area (Å²) in [6.07, 6.45) is 0. The van der Waals surface area contributed by atoms with Gasteiger partial charge in [0.25, 0.3) is 5.91 Å². The van der Waals surface area contributed by atoms with Gasteiger partial charge in [0.2, 0.25) is 0 Å². The topological polar surface area (TPSA) is 57.8 Å². The normalized spacial score (nSPS) is 14.9. The monoisotopic (exact) mass is 407 g/mol. The van der Waals surface area contributed by atoms with Gasteiger partial charge in [-0.15, -0.1) is 0 Å². The van der Waals surface area contributed by atoms with Gasteiger partial charge < -0.3 is 19.4 Å². The predicted octanol–water partition coefficient (Wildman–Crippen LogP) is 3.76. The summed E-state index contributed by atoms with van der Waals surface area (Å²) in [4.78, 5) is 20.7. The van der Waals surface area contributed by atoms with Crippen molar-refractivity contribution in [3.63, 3.8) is 0 Å². The van der Waals surface area contributed by atoms with Crippen LogP contribution in [0.25, 0.3) is 10.9 Å². The second-order valence-electron chi connectivity index (χ2n) is 7.97. The summed E-state index contributed by atoms with van der Waals surface area (Å²) < 4.78 is 10.9. The van der Waals surface area contributed by atoms with Gasteiger partial charge in [-0.3, -0.25) is 9.69 Å². The summed E-state index contributed by atoms with van der Waals surface area (Å²) in [6, 6.07) is 12.1. The Labute approximate surface area is 177 Å². The first-order valence-electron chi connectivity index (χ1n) is 10.3. The highest BCUT2D eigenvalue weighted by Crippen LogP contribution is 2.26. The van der Waals surface area contributed by atoms with E-state index in [2.05, 4.69) is 35.9 Å². The first kappa shape index (κ1) is 20.3. The number of piperazine rings is 1. The van der Waals surface area contributed by atoms with Gasteiger partial charge in [-0.25, -0.2) is 0 Å². The Morgan fingerprint density at radius 2 is 1.77 bits per heavy atom. The molecule has 0 radical (unpaired) electrons. The number of ether oxygens (including phenoxy) is 2. The Kier molecular flexibility index (Phi) is 5.68. The summed E-state index contributed by atoms with van der Waals surface area (Å²) in [5.74, 6) is 1.75. The number of fused-ring (bicyclic) bond motifs is 1. The van der Waals surface area contributed by atoms with Crippen molar-refractivity contribution in [1.82, 2.24) is 14.8 Å². The maximum Gasteiger partial charge on any atom is 0.270 e. The Hall–Kier alpha value is -2.99. The molecule has 1 aromatic heterocycles. The molecule has 0 atom stereocenters. The minimum atomic E-state index is 0.0712. The van der Waals surface area contributed by atoms with Gasteiger partial charge in [0.05, 0.1) is 14.2 Å². The molecular weight excluding hydrogens is 378 g/mol. The van der Waals surface area contributed by atoms with E-state index in [0.29, 0.717) is 18.8 Å². The molecule has 1 N–H and O–H groups in total. The Morgan fingerprint density at radius 3 is 2.47 bits per heavy atom. The van der Waals surface area contributed by atoms with Crippen LogP contribution in [0.2, 0.25) is 0 Å². The second-order valence-corrected chi connectivity index (χ2v) is 7.97. The molecule has 2 heterocycles. The van der Waals surface area contributed by atoms with Crippen molar-refractivity contribution in [3.05, 3.63) is 58.8 Å². The lowest BCUT2D eigenvalue weighted by atomic mass is 10.1. The summed E-state index contributed by atoms with van der Waals surface area (Å²) >= 11 is 0. The van der Waals surface area contributed by atoms with E-state index in [1.807, 2.05) is 29.2 Å². The molecule has 3 aromatic rings. The van der Waals surface area contributed by atoms with E-state index >= 15 is 0 Å². The van der Waals surface area contributed by atoms with Crippen LogP contribution in [0, 0.1) is 13.8 Å². The van der Waals surface area contributed by atoms with E-state index in [0.717, 1.165) is 47.6 Å². The number of benzene rings is 2. The van der Waals surface area contributed by atoms with Crippen LogP contribution < -0.4 is 9.47 Å². The van der Waals surface area contributed by atoms with Crippen molar-refractivity contribution < 1.29 is 14.3 Å². The second kappa shape index (κ2) is 8.40. The van der Waals surface area contributed by atoms with Crippen LogP contribution in [0.4, 0.5) is 0 Å². The van der Waals surface area contributed by atoms with E-state index in [1.165, 1.54) is 11.1 Å². The molecule has 1 aliphatic rings. The Morgan fingerprint density at radius 1 is 1.00 bits per heavy atom. The number of nitrogens with zero attached hydrogens (tertiary/aromatic N) is 2. The third-order valence-electron chi connectivity index (χ3n) is 5.86. The van der Waals surface area contributed by atoms with Crippen LogP contribution in [-0.2, 0) is 6.54 Å². The number of aromatic nitrogens is 1. The molecule has 0 saturated carbocycles. The molecule has 6 heteroatoms. The molecule has 0 bridgehead atoms. The quantitative estimate of drug-likeness (QED) is 0.700. The van der Waals surface area contributed by atoms with E-state index < -0.39 is 0 Å². The van der Waals surface area contributed by atoms with Crippen molar-refractivity contribution in [2.75, 3.05) is 40.4 Å². The van der Waals surface area contributed by atoms with Crippen molar-refractivity contribution in [2.45, 2.75) is 20.4 Å². The number of hydrogen-bond acceptors (Lipinski definition) is 4. The highest BCUT2D eigenvalue weighted by atomic mass is 16.5. The van der Waals surface area contributed by atoms with Crippen LogP contribution in [0.1, 0.15) is 27.2 Å². The summed E-state index contributed by atoms with van der Waals surface area (Å²) in [5, 5.41) is 1.12. The van der Waals surface area contributed by atoms with E-state index in [-0.39, 0.29) is 5.91 Å². The van der Waals surface area contributed by atoms with Gasteiger partial charge in [-0.1, -0.05) is 6.07 Å². The fourth-order valence-corrected chi connectivity index (χ4v) is 4.24. The summed E-state index contributed by atoms with van der Waals surface area (Å²) in [5.41, 5.74) is 5.18. The number of H-pyrrole nitrogens is 1. The highest BCUT2D eigenvalue weighted by molar-refractivity contribution is 5.99. The van der Waals surface area contributed by atoms with E-state index in [4.69, 9.17) is 9.47 Å².